The molecule has 0 unspecified atom stereocenters. The van der Waals surface area contributed by atoms with E-state index in [9.17, 15) is 0 Å². The van der Waals surface area contributed by atoms with E-state index in [0.29, 0.717) is 0 Å². The van der Waals surface area contributed by atoms with Crippen LogP contribution in [0.5, 0.6) is 23.0 Å². The number of rotatable bonds is 2. The van der Waals surface area contributed by atoms with Gasteiger partial charge < -0.3 is 18.6 Å². The fourth-order valence-corrected chi connectivity index (χ4v) is 8.13. The van der Waals surface area contributed by atoms with Crippen LogP contribution in [0, 0.1) is 0 Å². The minimum atomic E-state index is 0.0447. The van der Waals surface area contributed by atoms with E-state index in [0.717, 1.165) is 61.8 Å². The van der Waals surface area contributed by atoms with Crippen LogP contribution in [0.2, 0.25) is 0 Å². The van der Waals surface area contributed by atoms with Crippen molar-refractivity contribution in [3.05, 3.63) is 152 Å². The summed E-state index contributed by atoms with van der Waals surface area (Å²) in [4.78, 5) is 0. The first-order valence-corrected chi connectivity index (χ1v) is 16.1. The fourth-order valence-electron chi connectivity index (χ4n) is 8.13. The molecule has 47 heavy (non-hydrogen) atoms. The smallest absolute Gasteiger partial charge is 0.260 e. The van der Waals surface area contributed by atoms with Gasteiger partial charge in [0.25, 0.3) is 6.71 Å². The first-order valence-electron chi connectivity index (χ1n) is 16.1. The van der Waals surface area contributed by atoms with Gasteiger partial charge in [0.2, 0.25) is 0 Å². The third kappa shape index (κ3) is 3.32. The van der Waals surface area contributed by atoms with Crippen LogP contribution in [-0.2, 0) is 0 Å². The summed E-state index contributed by atoms with van der Waals surface area (Å²) in [6.45, 7) is 0.0447. The lowest BCUT2D eigenvalue weighted by Crippen LogP contribution is -2.57. The van der Waals surface area contributed by atoms with Crippen LogP contribution >= 0.6 is 0 Å². The van der Waals surface area contributed by atoms with Crippen LogP contribution in [-0.4, -0.2) is 15.8 Å². The van der Waals surface area contributed by atoms with Crippen molar-refractivity contribution in [2.75, 3.05) is 0 Å². The third-order valence-electron chi connectivity index (χ3n) is 10.0. The number of para-hydroxylation sites is 4. The Balaban J connectivity index is 1.20. The zero-order valence-corrected chi connectivity index (χ0v) is 25.2. The molecule has 0 N–H and O–H groups in total. The summed E-state index contributed by atoms with van der Waals surface area (Å²) in [6, 6.07) is 53.9. The van der Waals surface area contributed by atoms with Crippen molar-refractivity contribution in [2.24, 2.45) is 0 Å². The van der Waals surface area contributed by atoms with E-state index in [1.807, 2.05) is 18.2 Å². The number of ether oxygens (including phenoxy) is 2. The molecule has 0 fully saturated rings. The zero-order chi connectivity index (χ0) is 30.6. The van der Waals surface area contributed by atoms with Crippen LogP contribution < -0.4 is 25.9 Å². The van der Waals surface area contributed by atoms with Gasteiger partial charge in [-0.15, -0.1) is 0 Å². The maximum absolute atomic E-state index is 6.69. The summed E-state index contributed by atoms with van der Waals surface area (Å²) in [6.07, 6.45) is 0. The van der Waals surface area contributed by atoms with Crippen LogP contribution in [0.4, 0.5) is 0 Å². The minimum absolute atomic E-state index is 0.0447. The molecule has 4 heterocycles. The van der Waals surface area contributed by atoms with E-state index >= 15 is 0 Å². The maximum Gasteiger partial charge on any atom is 0.260 e. The summed E-state index contributed by atoms with van der Waals surface area (Å²) >= 11 is 0. The van der Waals surface area contributed by atoms with Crippen molar-refractivity contribution in [3.8, 4) is 34.4 Å². The molecule has 2 aliphatic heterocycles. The van der Waals surface area contributed by atoms with Crippen molar-refractivity contribution in [2.45, 2.75) is 0 Å². The van der Waals surface area contributed by atoms with Crippen molar-refractivity contribution >= 4 is 66.7 Å². The monoisotopic (exact) mass is 600 g/mol. The molecular weight excluding hydrogens is 575 g/mol. The molecule has 0 saturated heterocycles. The van der Waals surface area contributed by atoms with Crippen molar-refractivity contribution in [1.29, 1.82) is 0 Å². The molecule has 0 atom stereocenters. The Labute approximate surface area is 270 Å². The van der Waals surface area contributed by atoms with Crippen molar-refractivity contribution in [3.63, 3.8) is 0 Å². The largest absolute Gasteiger partial charge is 0.458 e. The quantitative estimate of drug-likeness (QED) is 0.186. The second-order valence-corrected chi connectivity index (χ2v) is 12.5. The molecule has 218 valence electrons. The summed E-state index contributed by atoms with van der Waals surface area (Å²) in [5.41, 5.74) is 10.4. The molecule has 7 aromatic carbocycles. The molecule has 11 rings (SSSR count). The summed E-state index contributed by atoms with van der Waals surface area (Å²) in [5.74, 6) is 3.49. The lowest BCUT2D eigenvalue weighted by Gasteiger charge is -2.33. The average molecular weight is 600 g/mol. The molecule has 0 bridgehead atoms. The number of nitrogens with zero attached hydrogens (tertiary/aromatic N) is 2. The van der Waals surface area contributed by atoms with E-state index in [2.05, 4.69) is 143 Å². The summed E-state index contributed by atoms with van der Waals surface area (Å²) in [5, 5.41) is 4.96. The molecule has 0 aliphatic carbocycles. The number of hydrogen-bond acceptors (Lipinski definition) is 2. The Hall–Kier alpha value is -6.20. The molecule has 0 saturated carbocycles. The molecule has 4 nitrogen and oxygen atoms in total. The normalized spacial score (nSPS) is 13.0. The number of fused-ring (bicyclic) bond motifs is 11. The maximum atomic E-state index is 6.69. The predicted octanol–water partition coefficient (Wildman–Crippen LogP) is 8.61. The van der Waals surface area contributed by atoms with Crippen LogP contribution in [0.1, 0.15) is 0 Å². The highest BCUT2D eigenvalue weighted by atomic mass is 16.5. The van der Waals surface area contributed by atoms with Gasteiger partial charge in [0.15, 0.2) is 0 Å². The van der Waals surface area contributed by atoms with Gasteiger partial charge in [-0.1, -0.05) is 91.0 Å². The van der Waals surface area contributed by atoms with Gasteiger partial charge in [-0.05, 0) is 65.5 Å². The first kappa shape index (κ1) is 25.0. The van der Waals surface area contributed by atoms with Crippen molar-refractivity contribution < 1.29 is 9.47 Å². The number of aromatic nitrogens is 2. The molecule has 2 aliphatic rings. The zero-order valence-electron chi connectivity index (χ0n) is 25.2. The Morgan fingerprint density at radius 2 is 1.06 bits per heavy atom. The van der Waals surface area contributed by atoms with E-state index in [1.165, 1.54) is 32.6 Å². The summed E-state index contributed by atoms with van der Waals surface area (Å²) in [7, 11) is 0. The van der Waals surface area contributed by atoms with Crippen molar-refractivity contribution in [1.82, 2.24) is 9.13 Å². The minimum Gasteiger partial charge on any atom is -0.458 e. The van der Waals surface area contributed by atoms with Gasteiger partial charge >= 0.3 is 0 Å². The molecule has 9 aromatic rings. The van der Waals surface area contributed by atoms with Crippen LogP contribution in [0.25, 0.3) is 55.0 Å². The molecule has 2 aromatic heterocycles. The van der Waals surface area contributed by atoms with E-state index in [4.69, 9.17) is 9.47 Å². The van der Waals surface area contributed by atoms with Crippen LogP contribution in [0.15, 0.2) is 152 Å². The average Bonchev–Trinajstić information content (AvgIpc) is 3.65. The number of benzene rings is 7. The molecule has 5 heteroatoms. The first-order chi connectivity index (χ1) is 23.3. The Morgan fingerprint density at radius 3 is 1.91 bits per heavy atom. The summed E-state index contributed by atoms with van der Waals surface area (Å²) < 4.78 is 17.8. The highest BCUT2D eigenvalue weighted by Crippen LogP contribution is 2.42. The molecule has 0 radical (unpaired) electrons. The van der Waals surface area contributed by atoms with E-state index in [-0.39, 0.29) is 6.71 Å². The van der Waals surface area contributed by atoms with E-state index in [1.54, 1.807) is 0 Å². The SMILES string of the molecule is c1ccc(-n2c3ccccc3c3ccc4c(c5ccccc5n4-c4ccc5c(c4)Oc4cccc6c4B5c4ccccc4O6)c32)cc1. The molecule has 0 amide bonds. The fraction of sp³-hybridized carbons (Fsp3) is 0. The highest BCUT2D eigenvalue weighted by molar-refractivity contribution is 6.98. The van der Waals surface area contributed by atoms with Gasteiger partial charge in [0.1, 0.15) is 23.0 Å². The van der Waals surface area contributed by atoms with E-state index < -0.39 is 0 Å². The Morgan fingerprint density at radius 1 is 0.404 bits per heavy atom. The van der Waals surface area contributed by atoms with Gasteiger partial charge in [-0.2, -0.15) is 0 Å². The molecular formula is C42H25BN2O2. The second-order valence-electron chi connectivity index (χ2n) is 12.5. The molecule has 0 spiro atoms. The van der Waals surface area contributed by atoms with Gasteiger partial charge in [0, 0.05) is 44.4 Å². The third-order valence-corrected chi connectivity index (χ3v) is 10.0. The van der Waals surface area contributed by atoms with Gasteiger partial charge in [-0.25, -0.2) is 0 Å². The number of hydrogen-bond donors (Lipinski definition) is 0. The topological polar surface area (TPSA) is 28.3 Å². The lowest BCUT2D eigenvalue weighted by molar-refractivity contribution is 0.464. The standard InChI is InChI=1S/C42H25BN2O2/c1-2-11-26(12-3-1)45-33-16-7-4-13-28(33)29-22-24-35-40(42(29)45)30-14-5-8-17-34(30)44(35)27-21-23-32-39(25-27)47-38-20-10-19-37-41(38)43(32)31-15-6-9-18-36(31)46-37/h1-25H. The van der Waals surface area contributed by atoms with Crippen LogP contribution in [0.3, 0.4) is 0 Å². The van der Waals surface area contributed by atoms with Gasteiger partial charge in [-0.3, -0.25) is 0 Å². The van der Waals surface area contributed by atoms with Gasteiger partial charge in [0.05, 0.1) is 22.1 Å². The second kappa shape index (κ2) is 9.18. The highest BCUT2D eigenvalue weighted by Gasteiger charge is 2.40. The predicted molar refractivity (Wildman–Crippen MR) is 193 cm³/mol. The Bertz CT molecular complexity index is 2760. The lowest BCUT2D eigenvalue weighted by atomic mass is 9.35. The Kier molecular flexibility index (Phi) is 4.89.